The summed E-state index contributed by atoms with van der Waals surface area (Å²) in [6, 6.07) is 7.06. The molecule has 1 rings (SSSR count). The van der Waals surface area contributed by atoms with Gasteiger partial charge in [-0.2, -0.15) is 0 Å². The standard InChI is InChI=1S/C15H21BrClNO2/c1-12(20-14-8-6-7-13(17)11-14)15(19)18-10-5-3-2-4-9-16/h6-8,11-12H,2-5,9-10H2,1H3,(H,18,19). The van der Waals surface area contributed by atoms with Gasteiger partial charge in [-0.3, -0.25) is 4.79 Å². The minimum atomic E-state index is -0.518. The van der Waals surface area contributed by atoms with Crippen LogP contribution in [0.2, 0.25) is 5.02 Å². The average Bonchev–Trinajstić information content (AvgIpc) is 2.42. The summed E-state index contributed by atoms with van der Waals surface area (Å²) in [5.74, 6) is 0.517. The molecule has 0 aliphatic carbocycles. The first kappa shape index (κ1) is 17.3. The quantitative estimate of drug-likeness (QED) is 0.528. The molecule has 0 radical (unpaired) electrons. The van der Waals surface area contributed by atoms with Gasteiger partial charge in [0, 0.05) is 16.9 Å². The number of hydrogen-bond acceptors (Lipinski definition) is 2. The zero-order valence-corrected chi connectivity index (χ0v) is 14.0. The third-order valence-corrected chi connectivity index (χ3v) is 3.63. The van der Waals surface area contributed by atoms with Gasteiger partial charge in [-0.1, -0.05) is 46.4 Å². The molecule has 1 atom stereocenters. The van der Waals surface area contributed by atoms with Gasteiger partial charge in [-0.05, 0) is 38.0 Å². The lowest BCUT2D eigenvalue weighted by Gasteiger charge is -2.14. The number of rotatable bonds is 9. The van der Waals surface area contributed by atoms with E-state index in [0.29, 0.717) is 17.3 Å². The number of alkyl halides is 1. The first-order chi connectivity index (χ1) is 9.63. The summed E-state index contributed by atoms with van der Waals surface area (Å²) >= 11 is 9.27. The van der Waals surface area contributed by atoms with Gasteiger partial charge >= 0.3 is 0 Å². The molecule has 5 heteroatoms. The molecule has 1 aromatic carbocycles. The van der Waals surface area contributed by atoms with Crippen molar-refractivity contribution in [1.29, 1.82) is 0 Å². The summed E-state index contributed by atoms with van der Waals surface area (Å²) in [5, 5.41) is 4.53. The molecule has 0 saturated heterocycles. The van der Waals surface area contributed by atoms with E-state index >= 15 is 0 Å². The highest BCUT2D eigenvalue weighted by molar-refractivity contribution is 9.09. The van der Waals surface area contributed by atoms with Gasteiger partial charge < -0.3 is 10.1 Å². The number of unbranched alkanes of at least 4 members (excludes halogenated alkanes) is 3. The average molecular weight is 363 g/mol. The smallest absolute Gasteiger partial charge is 0.260 e. The minimum absolute atomic E-state index is 0.0922. The molecule has 0 aliphatic heterocycles. The molecule has 0 aromatic heterocycles. The Morgan fingerprint density at radius 2 is 2.10 bits per heavy atom. The Hall–Kier alpha value is -0.740. The Kier molecular flexibility index (Phi) is 8.70. The maximum atomic E-state index is 11.8. The van der Waals surface area contributed by atoms with Crippen LogP contribution in [0.1, 0.15) is 32.6 Å². The Morgan fingerprint density at radius 3 is 2.80 bits per heavy atom. The number of hydrogen-bond donors (Lipinski definition) is 1. The van der Waals surface area contributed by atoms with Gasteiger partial charge in [0.05, 0.1) is 0 Å². The number of nitrogens with one attached hydrogen (secondary N) is 1. The van der Waals surface area contributed by atoms with Crippen molar-refractivity contribution < 1.29 is 9.53 Å². The van der Waals surface area contributed by atoms with Crippen molar-refractivity contribution in [2.75, 3.05) is 11.9 Å². The molecule has 0 spiro atoms. The molecule has 0 fully saturated rings. The normalized spacial score (nSPS) is 11.9. The lowest BCUT2D eigenvalue weighted by Crippen LogP contribution is -2.36. The minimum Gasteiger partial charge on any atom is -0.481 e. The van der Waals surface area contributed by atoms with Gasteiger partial charge in [-0.25, -0.2) is 0 Å². The fourth-order valence-corrected chi connectivity index (χ4v) is 2.30. The molecule has 1 unspecified atom stereocenters. The second-order valence-corrected chi connectivity index (χ2v) is 5.84. The van der Waals surface area contributed by atoms with Gasteiger partial charge in [0.2, 0.25) is 0 Å². The van der Waals surface area contributed by atoms with E-state index in [2.05, 4.69) is 21.2 Å². The second kappa shape index (κ2) is 10.1. The van der Waals surface area contributed by atoms with Crippen LogP contribution in [0.15, 0.2) is 24.3 Å². The molecule has 0 aliphatic rings. The number of carbonyl (C=O) groups excluding carboxylic acids is 1. The topological polar surface area (TPSA) is 38.3 Å². The zero-order chi connectivity index (χ0) is 14.8. The number of benzene rings is 1. The third kappa shape index (κ3) is 7.15. The highest BCUT2D eigenvalue weighted by Gasteiger charge is 2.13. The summed E-state index contributed by atoms with van der Waals surface area (Å²) in [5.41, 5.74) is 0. The molecular formula is C15H21BrClNO2. The van der Waals surface area contributed by atoms with E-state index in [9.17, 15) is 4.79 Å². The maximum absolute atomic E-state index is 11.8. The Bertz CT molecular complexity index is 415. The van der Waals surface area contributed by atoms with E-state index in [1.165, 1.54) is 12.8 Å². The third-order valence-electron chi connectivity index (χ3n) is 2.84. The first-order valence-electron chi connectivity index (χ1n) is 6.89. The molecule has 0 bridgehead atoms. The Labute approximate surface area is 134 Å². The maximum Gasteiger partial charge on any atom is 0.260 e. The van der Waals surface area contributed by atoms with Crippen molar-refractivity contribution in [3.05, 3.63) is 29.3 Å². The van der Waals surface area contributed by atoms with Crippen LogP contribution in [0.25, 0.3) is 0 Å². The molecule has 112 valence electrons. The van der Waals surface area contributed by atoms with E-state index in [4.69, 9.17) is 16.3 Å². The van der Waals surface area contributed by atoms with Crippen LogP contribution in [0.4, 0.5) is 0 Å². The fourth-order valence-electron chi connectivity index (χ4n) is 1.73. The summed E-state index contributed by atoms with van der Waals surface area (Å²) in [6.07, 6.45) is 3.99. The van der Waals surface area contributed by atoms with Crippen molar-refractivity contribution in [2.45, 2.75) is 38.7 Å². The van der Waals surface area contributed by atoms with Crippen LogP contribution in [-0.2, 0) is 4.79 Å². The molecule has 0 saturated carbocycles. The van der Waals surface area contributed by atoms with Crippen LogP contribution in [0.3, 0.4) is 0 Å². The lowest BCUT2D eigenvalue weighted by atomic mass is 10.2. The van der Waals surface area contributed by atoms with Crippen molar-refractivity contribution in [3.8, 4) is 5.75 Å². The Balaban J connectivity index is 2.22. The van der Waals surface area contributed by atoms with Crippen LogP contribution < -0.4 is 10.1 Å². The lowest BCUT2D eigenvalue weighted by molar-refractivity contribution is -0.127. The number of amides is 1. The molecule has 1 N–H and O–H groups in total. The highest BCUT2D eigenvalue weighted by atomic mass is 79.9. The fraction of sp³-hybridized carbons (Fsp3) is 0.533. The largest absolute Gasteiger partial charge is 0.481 e. The van der Waals surface area contributed by atoms with E-state index in [-0.39, 0.29) is 5.91 Å². The molecule has 20 heavy (non-hydrogen) atoms. The van der Waals surface area contributed by atoms with Crippen molar-refractivity contribution in [3.63, 3.8) is 0 Å². The van der Waals surface area contributed by atoms with Gasteiger partial charge in [0.1, 0.15) is 5.75 Å². The zero-order valence-electron chi connectivity index (χ0n) is 11.7. The van der Waals surface area contributed by atoms with Gasteiger partial charge in [0.25, 0.3) is 5.91 Å². The number of carbonyl (C=O) groups is 1. The summed E-state index contributed by atoms with van der Waals surface area (Å²) in [4.78, 5) is 11.8. The van der Waals surface area contributed by atoms with Gasteiger partial charge in [0.15, 0.2) is 6.10 Å². The monoisotopic (exact) mass is 361 g/mol. The van der Waals surface area contributed by atoms with E-state index < -0.39 is 6.10 Å². The van der Waals surface area contributed by atoms with Crippen molar-refractivity contribution in [1.82, 2.24) is 5.32 Å². The summed E-state index contributed by atoms with van der Waals surface area (Å²) in [6.45, 7) is 2.44. The molecule has 0 heterocycles. The summed E-state index contributed by atoms with van der Waals surface area (Å²) in [7, 11) is 0. The first-order valence-corrected chi connectivity index (χ1v) is 8.39. The van der Waals surface area contributed by atoms with Crippen LogP contribution in [0.5, 0.6) is 5.75 Å². The predicted octanol–water partition coefficient (Wildman–Crippen LogP) is 4.18. The van der Waals surface area contributed by atoms with Crippen LogP contribution in [0, 0.1) is 0 Å². The Morgan fingerprint density at radius 1 is 1.35 bits per heavy atom. The number of halogens is 2. The second-order valence-electron chi connectivity index (χ2n) is 4.61. The van der Waals surface area contributed by atoms with E-state index in [1.54, 1.807) is 31.2 Å². The van der Waals surface area contributed by atoms with Crippen LogP contribution >= 0.6 is 27.5 Å². The van der Waals surface area contributed by atoms with Crippen molar-refractivity contribution in [2.24, 2.45) is 0 Å². The molecule has 3 nitrogen and oxygen atoms in total. The van der Waals surface area contributed by atoms with E-state index in [0.717, 1.165) is 18.2 Å². The molecule has 1 amide bonds. The van der Waals surface area contributed by atoms with E-state index in [1.807, 2.05) is 0 Å². The summed E-state index contributed by atoms with van der Waals surface area (Å²) < 4.78 is 5.55. The SMILES string of the molecule is CC(Oc1cccc(Cl)c1)C(=O)NCCCCCCBr. The predicted molar refractivity (Wildman–Crippen MR) is 86.8 cm³/mol. The van der Waals surface area contributed by atoms with Crippen molar-refractivity contribution >= 4 is 33.4 Å². The molecule has 1 aromatic rings. The molecular weight excluding hydrogens is 342 g/mol. The van der Waals surface area contributed by atoms with Gasteiger partial charge in [-0.15, -0.1) is 0 Å². The number of ether oxygens (including phenoxy) is 1. The van der Waals surface area contributed by atoms with Crippen LogP contribution in [-0.4, -0.2) is 23.9 Å². The highest BCUT2D eigenvalue weighted by Crippen LogP contribution is 2.18.